The van der Waals surface area contributed by atoms with E-state index in [9.17, 15) is 4.79 Å². The molecule has 3 rings (SSSR count). The number of hydrogen-bond donors (Lipinski definition) is 0. The molecule has 1 amide bonds. The third kappa shape index (κ3) is 2.45. The zero-order valence-electron chi connectivity index (χ0n) is 12.1. The molecule has 0 N–H and O–H groups in total. The number of nitrogens with zero attached hydrogens (tertiary/aromatic N) is 1. The summed E-state index contributed by atoms with van der Waals surface area (Å²) in [4.78, 5) is 14.9. The van der Waals surface area contributed by atoms with Gasteiger partial charge in [-0.3, -0.25) is 4.79 Å². The lowest BCUT2D eigenvalue weighted by atomic mass is 9.77. The highest BCUT2D eigenvalue weighted by molar-refractivity contribution is 5.82. The number of amides is 1. The van der Waals surface area contributed by atoms with Crippen LogP contribution in [0.3, 0.4) is 0 Å². The lowest BCUT2D eigenvalue weighted by molar-refractivity contribution is -0.145. The highest BCUT2D eigenvalue weighted by Gasteiger charge is 2.42. The number of piperidine rings is 1. The Balaban J connectivity index is 1.66. The predicted octanol–water partition coefficient (Wildman–Crippen LogP) is 2.76. The van der Waals surface area contributed by atoms with Crippen LogP contribution < -0.4 is 0 Å². The second-order valence-corrected chi connectivity index (χ2v) is 6.80. The van der Waals surface area contributed by atoms with Crippen molar-refractivity contribution in [2.45, 2.75) is 58.2 Å². The first kappa shape index (κ1) is 13.2. The zero-order chi connectivity index (χ0) is 13.5. The molecule has 0 aromatic rings. The van der Waals surface area contributed by atoms with Crippen molar-refractivity contribution in [3.05, 3.63) is 12.2 Å². The third-order valence-electron chi connectivity index (χ3n) is 5.11. The van der Waals surface area contributed by atoms with E-state index >= 15 is 0 Å². The molecule has 2 aliphatic heterocycles. The van der Waals surface area contributed by atoms with Gasteiger partial charge in [-0.1, -0.05) is 19.1 Å². The summed E-state index contributed by atoms with van der Waals surface area (Å²) in [5.74, 6) is 0.935. The van der Waals surface area contributed by atoms with E-state index in [1.807, 2.05) is 0 Å². The van der Waals surface area contributed by atoms with Crippen molar-refractivity contribution in [1.29, 1.82) is 0 Å². The quantitative estimate of drug-likeness (QED) is 0.681. The van der Waals surface area contributed by atoms with E-state index in [1.165, 1.54) is 0 Å². The molecule has 3 aliphatic rings. The molecule has 0 bridgehead atoms. The van der Waals surface area contributed by atoms with Crippen molar-refractivity contribution in [3.63, 3.8) is 0 Å². The van der Waals surface area contributed by atoms with Gasteiger partial charge in [-0.05, 0) is 39.0 Å². The standard InChI is InChI=1S/C16H25NO2/c1-12-10-13-11-17(9-6-14(13)19-12)15(18)16(2)7-4-3-5-8-16/h3-4,12-14H,5-11H2,1-2H3/t12-,13-,14-,16?/m0/s1. The number of fused-ring (bicyclic) bond motifs is 1. The van der Waals surface area contributed by atoms with Crippen molar-refractivity contribution in [1.82, 2.24) is 4.90 Å². The molecular weight excluding hydrogens is 238 g/mol. The molecule has 0 radical (unpaired) electrons. The summed E-state index contributed by atoms with van der Waals surface area (Å²) < 4.78 is 5.91. The van der Waals surface area contributed by atoms with Crippen molar-refractivity contribution < 1.29 is 9.53 Å². The number of allylic oxidation sites excluding steroid dienone is 2. The van der Waals surface area contributed by atoms with Gasteiger partial charge in [-0.15, -0.1) is 0 Å². The van der Waals surface area contributed by atoms with Crippen molar-refractivity contribution in [2.75, 3.05) is 13.1 Å². The van der Waals surface area contributed by atoms with Gasteiger partial charge < -0.3 is 9.64 Å². The number of carbonyl (C=O) groups excluding carboxylic acids is 1. The minimum atomic E-state index is -0.160. The van der Waals surface area contributed by atoms with Gasteiger partial charge in [0.2, 0.25) is 5.91 Å². The Labute approximate surface area is 116 Å². The summed E-state index contributed by atoms with van der Waals surface area (Å²) in [6.07, 6.45) is 10.2. The number of likely N-dealkylation sites (tertiary alicyclic amines) is 1. The van der Waals surface area contributed by atoms with Crippen LogP contribution in [0, 0.1) is 11.3 Å². The molecule has 106 valence electrons. The Kier molecular flexibility index (Phi) is 3.42. The van der Waals surface area contributed by atoms with Crippen LogP contribution in [0.1, 0.15) is 46.0 Å². The summed E-state index contributed by atoms with van der Waals surface area (Å²) in [5, 5.41) is 0. The van der Waals surface area contributed by atoms with Crippen molar-refractivity contribution >= 4 is 5.91 Å². The van der Waals surface area contributed by atoms with Gasteiger partial charge in [-0.25, -0.2) is 0 Å². The van der Waals surface area contributed by atoms with Crippen LogP contribution in [0.5, 0.6) is 0 Å². The molecule has 4 atom stereocenters. The van der Waals surface area contributed by atoms with Crippen LogP contribution in [0.4, 0.5) is 0 Å². The van der Waals surface area contributed by atoms with E-state index in [2.05, 4.69) is 30.9 Å². The van der Waals surface area contributed by atoms with E-state index in [0.717, 1.165) is 45.2 Å². The van der Waals surface area contributed by atoms with Crippen molar-refractivity contribution in [3.8, 4) is 0 Å². The highest BCUT2D eigenvalue weighted by Crippen LogP contribution is 2.38. The largest absolute Gasteiger partial charge is 0.375 e. The average molecular weight is 263 g/mol. The average Bonchev–Trinajstić information content (AvgIpc) is 2.77. The molecule has 3 nitrogen and oxygen atoms in total. The molecule has 0 aromatic heterocycles. The molecule has 2 saturated heterocycles. The molecule has 0 aromatic carbocycles. The Morgan fingerprint density at radius 3 is 3.00 bits per heavy atom. The van der Waals surface area contributed by atoms with Gasteiger partial charge in [0.15, 0.2) is 0 Å². The maximum absolute atomic E-state index is 12.8. The zero-order valence-corrected chi connectivity index (χ0v) is 12.1. The van der Waals surface area contributed by atoms with Gasteiger partial charge in [0.1, 0.15) is 0 Å². The summed E-state index contributed by atoms with van der Waals surface area (Å²) in [6.45, 7) is 6.08. The van der Waals surface area contributed by atoms with Gasteiger partial charge >= 0.3 is 0 Å². The minimum absolute atomic E-state index is 0.160. The summed E-state index contributed by atoms with van der Waals surface area (Å²) in [6, 6.07) is 0. The number of hydrogen-bond acceptors (Lipinski definition) is 2. The van der Waals surface area contributed by atoms with Crippen LogP contribution in [-0.4, -0.2) is 36.1 Å². The Morgan fingerprint density at radius 1 is 1.42 bits per heavy atom. The molecule has 2 heterocycles. The normalized spacial score (nSPS) is 42.2. The molecule has 1 aliphatic carbocycles. The monoisotopic (exact) mass is 263 g/mol. The smallest absolute Gasteiger partial charge is 0.228 e. The molecule has 1 unspecified atom stereocenters. The first-order valence-corrected chi connectivity index (χ1v) is 7.68. The summed E-state index contributed by atoms with van der Waals surface area (Å²) in [7, 11) is 0. The van der Waals surface area contributed by atoms with E-state index in [4.69, 9.17) is 4.74 Å². The fourth-order valence-electron chi connectivity index (χ4n) is 3.92. The number of carbonyl (C=O) groups is 1. The first-order valence-electron chi connectivity index (χ1n) is 7.68. The fourth-order valence-corrected chi connectivity index (χ4v) is 3.92. The third-order valence-corrected chi connectivity index (χ3v) is 5.11. The second-order valence-electron chi connectivity index (χ2n) is 6.80. The van der Waals surface area contributed by atoms with Gasteiger partial charge in [-0.2, -0.15) is 0 Å². The van der Waals surface area contributed by atoms with Gasteiger partial charge in [0, 0.05) is 19.0 Å². The van der Waals surface area contributed by atoms with Crippen molar-refractivity contribution in [2.24, 2.45) is 11.3 Å². The Bertz CT molecular complexity index is 392. The van der Waals surface area contributed by atoms with E-state index in [0.29, 0.717) is 24.0 Å². The summed E-state index contributed by atoms with van der Waals surface area (Å²) in [5.41, 5.74) is -0.160. The highest BCUT2D eigenvalue weighted by atomic mass is 16.5. The van der Waals surface area contributed by atoms with Gasteiger partial charge in [0.25, 0.3) is 0 Å². The maximum Gasteiger partial charge on any atom is 0.228 e. The molecule has 19 heavy (non-hydrogen) atoms. The number of ether oxygens (including phenoxy) is 1. The predicted molar refractivity (Wildman–Crippen MR) is 74.7 cm³/mol. The van der Waals surface area contributed by atoms with Crippen LogP contribution in [0.15, 0.2) is 12.2 Å². The lowest BCUT2D eigenvalue weighted by Crippen LogP contribution is -2.50. The topological polar surface area (TPSA) is 29.5 Å². The Hall–Kier alpha value is -0.830. The van der Waals surface area contributed by atoms with Crippen LogP contribution in [-0.2, 0) is 9.53 Å². The van der Waals surface area contributed by atoms with Crippen LogP contribution in [0.25, 0.3) is 0 Å². The summed E-state index contributed by atoms with van der Waals surface area (Å²) >= 11 is 0. The molecular formula is C16H25NO2. The second kappa shape index (κ2) is 4.93. The number of rotatable bonds is 1. The minimum Gasteiger partial charge on any atom is -0.375 e. The fraction of sp³-hybridized carbons (Fsp3) is 0.812. The van der Waals surface area contributed by atoms with E-state index in [1.54, 1.807) is 0 Å². The lowest BCUT2D eigenvalue weighted by Gasteiger charge is -2.40. The molecule has 3 heteroatoms. The van der Waals surface area contributed by atoms with Gasteiger partial charge in [0.05, 0.1) is 17.6 Å². The molecule has 0 spiro atoms. The van der Waals surface area contributed by atoms with E-state index in [-0.39, 0.29) is 5.41 Å². The molecule has 0 saturated carbocycles. The Morgan fingerprint density at radius 2 is 2.26 bits per heavy atom. The van der Waals surface area contributed by atoms with E-state index < -0.39 is 0 Å². The molecule has 2 fully saturated rings. The maximum atomic E-state index is 12.8. The van der Waals surface area contributed by atoms with Crippen LogP contribution >= 0.6 is 0 Å². The SMILES string of the molecule is C[C@H]1C[C@H]2CN(C(=O)C3(C)CC=CCC3)CC[C@@H]2O1. The first-order chi connectivity index (χ1) is 9.08. The van der Waals surface area contributed by atoms with Crippen LogP contribution in [0.2, 0.25) is 0 Å².